The zero-order valence-electron chi connectivity index (χ0n) is 12.0. The van der Waals surface area contributed by atoms with E-state index < -0.39 is 22.8 Å². The first-order valence-electron chi connectivity index (χ1n) is 6.57. The highest BCUT2D eigenvalue weighted by Gasteiger charge is 2.29. The lowest BCUT2D eigenvalue weighted by molar-refractivity contribution is -0.154. The van der Waals surface area contributed by atoms with E-state index in [-0.39, 0.29) is 22.9 Å². The molecule has 0 atom stereocenters. The molecular formula is C14H12BrF3N2O3S. The monoisotopic (exact) mass is 424 g/mol. The van der Waals surface area contributed by atoms with Crippen molar-refractivity contribution in [2.24, 2.45) is 0 Å². The van der Waals surface area contributed by atoms with Crippen LogP contribution in [0.3, 0.4) is 0 Å². The van der Waals surface area contributed by atoms with Crippen molar-refractivity contribution in [3.63, 3.8) is 0 Å². The number of nitrogens with one attached hydrogen (secondary N) is 1. The van der Waals surface area contributed by atoms with Gasteiger partial charge in [0.25, 0.3) is 0 Å². The molecule has 0 saturated carbocycles. The molecule has 0 saturated heterocycles. The number of pyridine rings is 1. The number of aromatic nitrogens is 1. The molecule has 0 unspecified atom stereocenters. The van der Waals surface area contributed by atoms with Gasteiger partial charge in [0.2, 0.25) is 15.9 Å². The minimum absolute atomic E-state index is 0.0200. The molecule has 1 N–H and O–H groups in total. The largest absolute Gasteiger partial charge is 0.468 e. The number of ether oxygens (including phenoxy) is 1. The van der Waals surface area contributed by atoms with Crippen molar-refractivity contribution in [2.45, 2.75) is 17.6 Å². The van der Waals surface area contributed by atoms with Gasteiger partial charge in [-0.3, -0.25) is 0 Å². The Morgan fingerprint density at radius 1 is 1.17 bits per heavy atom. The van der Waals surface area contributed by atoms with Gasteiger partial charge in [0.05, 0.1) is 4.90 Å². The molecule has 10 heteroatoms. The van der Waals surface area contributed by atoms with Gasteiger partial charge in [-0.1, -0.05) is 18.2 Å². The summed E-state index contributed by atoms with van der Waals surface area (Å²) in [6.45, 7) is -1.77. The van der Waals surface area contributed by atoms with Gasteiger partial charge in [0.1, 0.15) is 0 Å². The van der Waals surface area contributed by atoms with E-state index in [1.54, 1.807) is 18.2 Å². The van der Waals surface area contributed by atoms with Crippen molar-refractivity contribution < 1.29 is 26.3 Å². The molecule has 2 aromatic rings. The van der Waals surface area contributed by atoms with Crippen LogP contribution in [-0.2, 0) is 16.6 Å². The summed E-state index contributed by atoms with van der Waals surface area (Å²) in [5.74, 6) is -0.273. The van der Waals surface area contributed by atoms with Gasteiger partial charge in [-0.05, 0) is 34.1 Å². The van der Waals surface area contributed by atoms with Gasteiger partial charge in [0.15, 0.2) is 6.61 Å². The van der Waals surface area contributed by atoms with Crippen LogP contribution >= 0.6 is 15.9 Å². The minimum atomic E-state index is -4.51. The second kappa shape index (κ2) is 7.49. The summed E-state index contributed by atoms with van der Waals surface area (Å²) in [6.07, 6.45) is -3.25. The lowest BCUT2D eigenvalue weighted by atomic mass is 10.3. The van der Waals surface area contributed by atoms with Crippen LogP contribution < -0.4 is 9.46 Å². The fourth-order valence-electron chi connectivity index (χ4n) is 1.75. The maximum Gasteiger partial charge on any atom is 0.422 e. The number of rotatable bonds is 6. The Kier molecular flexibility index (Phi) is 5.83. The smallest absolute Gasteiger partial charge is 0.422 e. The lowest BCUT2D eigenvalue weighted by Crippen LogP contribution is -2.25. The Morgan fingerprint density at radius 2 is 1.88 bits per heavy atom. The highest BCUT2D eigenvalue weighted by molar-refractivity contribution is 9.10. The van der Waals surface area contributed by atoms with Gasteiger partial charge in [0, 0.05) is 22.8 Å². The predicted octanol–water partition coefficient (Wildman–Crippen LogP) is 3.26. The molecule has 0 aliphatic carbocycles. The second-order valence-corrected chi connectivity index (χ2v) is 7.22. The SMILES string of the molecule is O=S(=O)(NCc1cccnc1OCC(F)(F)F)c1ccccc1Br. The number of hydrogen-bond acceptors (Lipinski definition) is 4. The summed E-state index contributed by atoms with van der Waals surface area (Å²) in [5.41, 5.74) is 0.192. The Hall–Kier alpha value is -1.65. The molecule has 0 spiro atoms. The van der Waals surface area contributed by atoms with Crippen LogP contribution in [0, 0.1) is 0 Å². The Bertz CT molecular complexity index is 813. The normalized spacial score (nSPS) is 12.2. The van der Waals surface area contributed by atoms with Gasteiger partial charge in [-0.25, -0.2) is 18.1 Å². The molecule has 0 aliphatic heterocycles. The topological polar surface area (TPSA) is 68.3 Å². The second-order valence-electron chi connectivity index (χ2n) is 4.63. The molecule has 1 aromatic heterocycles. The van der Waals surface area contributed by atoms with Crippen LogP contribution in [0.15, 0.2) is 52.0 Å². The molecule has 0 bridgehead atoms. The summed E-state index contributed by atoms with van der Waals surface area (Å²) in [6, 6.07) is 9.09. The molecule has 24 heavy (non-hydrogen) atoms. The van der Waals surface area contributed by atoms with E-state index in [0.29, 0.717) is 4.47 Å². The number of hydrogen-bond donors (Lipinski definition) is 1. The summed E-state index contributed by atoms with van der Waals surface area (Å²) in [5, 5.41) is 0. The number of benzene rings is 1. The first kappa shape index (κ1) is 18.7. The predicted molar refractivity (Wildman–Crippen MR) is 84.0 cm³/mol. The van der Waals surface area contributed by atoms with Crippen molar-refractivity contribution >= 4 is 26.0 Å². The fourth-order valence-corrected chi connectivity index (χ4v) is 3.76. The first-order chi connectivity index (χ1) is 11.2. The number of nitrogens with zero attached hydrogens (tertiary/aromatic N) is 1. The van der Waals surface area contributed by atoms with Crippen molar-refractivity contribution in [1.82, 2.24) is 9.71 Å². The fraction of sp³-hybridized carbons (Fsp3) is 0.214. The van der Waals surface area contributed by atoms with Crippen LogP contribution in [0.4, 0.5) is 13.2 Å². The van der Waals surface area contributed by atoms with E-state index in [1.807, 2.05) is 0 Å². The molecule has 1 heterocycles. The highest BCUT2D eigenvalue weighted by Crippen LogP contribution is 2.23. The number of alkyl halides is 3. The van der Waals surface area contributed by atoms with Crippen LogP contribution in [0.5, 0.6) is 5.88 Å². The van der Waals surface area contributed by atoms with Crippen LogP contribution in [-0.4, -0.2) is 26.2 Å². The van der Waals surface area contributed by atoms with Crippen molar-refractivity contribution in [2.75, 3.05) is 6.61 Å². The summed E-state index contributed by atoms with van der Waals surface area (Å²) in [7, 11) is -3.85. The van der Waals surface area contributed by atoms with Crippen molar-refractivity contribution in [3.8, 4) is 5.88 Å². The molecule has 0 fully saturated rings. The van der Waals surface area contributed by atoms with Crippen LogP contribution in [0.25, 0.3) is 0 Å². The maximum absolute atomic E-state index is 12.3. The Morgan fingerprint density at radius 3 is 2.54 bits per heavy atom. The average Bonchev–Trinajstić information content (AvgIpc) is 2.51. The van der Waals surface area contributed by atoms with E-state index in [9.17, 15) is 21.6 Å². The molecule has 5 nitrogen and oxygen atoms in total. The lowest BCUT2D eigenvalue weighted by Gasteiger charge is -2.13. The molecule has 130 valence electrons. The van der Waals surface area contributed by atoms with E-state index in [2.05, 4.69) is 30.4 Å². The molecule has 0 radical (unpaired) electrons. The van der Waals surface area contributed by atoms with Gasteiger partial charge in [-0.2, -0.15) is 13.2 Å². The standard InChI is InChI=1S/C14H12BrF3N2O3S/c15-11-5-1-2-6-12(11)24(21,22)20-8-10-4-3-7-19-13(10)23-9-14(16,17)18/h1-7,20H,8-9H2. The van der Waals surface area contributed by atoms with E-state index in [4.69, 9.17) is 0 Å². The van der Waals surface area contributed by atoms with Gasteiger partial charge >= 0.3 is 6.18 Å². The quantitative estimate of drug-likeness (QED) is 0.772. The summed E-state index contributed by atoms with van der Waals surface area (Å²) in [4.78, 5) is 3.73. The highest BCUT2D eigenvalue weighted by atomic mass is 79.9. The first-order valence-corrected chi connectivity index (χ1v) is 8.84. The Labute approximate surface area is 145 Å². The molecule has 1 aromatic carbocycles. The van der Waals surface area contributed by atoms with E-state index >= 15 is 0 Å². The molecule has 0 aliphatic rings. The van der Waals surface area contributed by atoms with Gasteiger partial charge in [-0.15, -0.1) is 0 Å². The van der Waals surface area contributed by atoms with Crippen LogP contribution in [0.2, 0.25) is 0 Å². The summed E-state index contributed by atoms with van der Waals surface area (Å²) < 4.78 is 68.6. The van der Waals surface area contributed by atoms with E-state index in [1.165, 1.54) is 24.4 Å². The Balaban J connectivity index is 2.13. The van der Waals surface area contributed by atoms with E-state index in [0.717, 1.165) is 0 Å². The zero-order chi connectivity index (χ0) is 17.8. The van der Waals surface area contributed by atoms with Crippen molar-refractivity contribution in [3.05, 3.63) is 52.6 Å². The average molecular weight is 425 g/mol. The van der Waals surface area contributed by atoms with Crippen molar-refractivity contribution in [1.29, 1.82) is 0 Å². The summed E-state index contributed by atoms with van der Waals surface area (Å²) >= 11 is 3.14. The third kappa shape index (κ3) is 5.18. The number of halogens is 4. The molecular weight excluding hydrogens is 413 g/mol. The van der Waals surface area contributed by atoms with Crippen LogP contribution in [0.1, 0.15) is 5.56 Å². The van der Waals surface area contributed by atoms with Gasteiger partial charge < -0.3 is 4.74 Å². The maximum atomic E-state index is 12.3. The number of sulfonamides is 1. The minimum Gasteiger partial charge on any atom is -0.468 e. The molecule has 0 amide bonds. The third-order valence-corrected chi connectivity index (χ3v) is 5.21. The zero-order valence-corrected chi connectivity index (χ0v) is 14.5. The molecule has 2 rings (SSSR count). The third-order valence-electron chi connectivity index (χ3n) is 2.80.